The van der Waals surface area contributed by atoms with Gasteiger partial charge in [0.1, 0.15) is 0 Å². The second kappa shape index (κ2) is 7.74. The molecule has 0 N–H and O–H groups in total. The molecule has 0 saturated carbocycles. The van der Waals surface area contributed by atoms with Crippen LogP contribution in [0.15, 0.2) is 35.2 Å². The second-order valence-electron chi connectivity index (χ2n) is 2.95. The minimum absolute atomic E-state index is 0.861. The van der Waals surface area contributed by atoms with Gasteiger partial charge in [0.25, 0.3) is 0 Å². The third-order valence-electron chi connectivity index (χ3n) is 1.95. The molecule has 0 bridgehead atoms. The highest BCUT2D eigenvalue weighted by molar-refractivity contribution is 7.97. The lowest BCUT2D eigenvalue weighted by atomic mass is 10.4. The van der Waals surface area contributed by atoms with Crippen molar-refractivity contribution in [3.63, 3.8) is 0 Å². The average Bonchev–Trinajstić information content (AvgIpc) is 2.34. The van der Waals surface area contributed by atoms with Crippen LogP contribution in [0.25, 0.3) is 0 Å². The van der Waals surface area contributed by atoms with Gasteiger partial charge in [0.2, 0.25) is 0 Å². The van der Waals surface area contributed by atoms with E-state index in [0.29, 0.717) is 0 Å². The van der Waals surface area contributed by atoms with Gasteiger partial charge >= 0.3 is 0 Å². The highest BCUT2D eigenvalue weighted by atomic mass is 32.2. The zero-order valence-electron chi connectivity index (χ0n) is 9.48. The van der Waals surface area contributed by atoms with Gasteiger partial charge in [0, 0.05) is 18.0 Å². The topological polar surface area (TPSA) is 12.5 Å². The van der Waals surface area contributed by atoms with Gasteiger partial charge in [-0.25, -0.2) is 4.31 Å². The zero-order chi connectivity index (χ0) is 10.9. The molecule has 2 nitrogen and oxygen atoms in total. The van der Waals surface area contributed by atoms with E-state index in [1.165, 1.54) is 4.90 Å². The number of ether oxygens (including phenoxy) is 1. The number of nitrogens with zero attached hydrogens (tertiary/aromatic N) is 1. The van der Waals surface area contributed by atoms with E-state index in [0.717, 1.165) is 26.3 Å². The standard InChI is InChI=1S/C10H13NOS.C2H6/c1-2-4-10(5-3-1)13-11-6-8-12-9-7-11;1-2/h1-5H,6-9H2;1-2H3. The summed E-state index contributed by atoms with van der Waals surface area (Å²) in [5, 5.41) is 0. The molecule has 2 rings (SSSR count). The fourth-order valence-corrected chi connectivity index (χ4v) is 2.18. The van der Waals surface area contributed by atoms with E-state index >= 15 is 0 Å². The lowest BCUT2D eigenvalue weighted by Crippen LogP contribution is -2.30. The average molecular weight is 225 g/mol. The van der Waals surface area contributed by atoms with E-state index in [2.05, 4.69) is 28.6 Å². The van der Waals surface area contributed by atoms with Crippen LogP contribution in [0, 0.1) is 0 Å². The molecule has 0 amide bonds. The van der Waals surface area contributed by atoms with Crippen molar-refractivity contribution in [3.05, 3.63) is 30.3 Å². The largest absolute Gasteiger partial charge is 0.379 e. The monoisotopic (exact) mass is 225 g/mol. The molecule has 84 valence electrons. The highest BCUT2D eigenvalue weighted by Gasteiger charge is 2.10. The molecule has 1 saturated heterocycles. The maximum Gasteiger partial charge on any atom is 0.0603 e. The van der Waals surface area contributed by atoms with Crippen molar-refractivity contribution in [2.45, 2.75) is 18.7 Å². The third kappa shape index (κ3) is 4.69. The predicted molar refractivity (Wildman–Crippen MR) is 66.0 cm³/mol. The van der Waals surface area contributed by atoms with Crippen LogP contribution >= 0.6 is 11.9 Å². The molecule has 0 radical (unpaired) electrons. The number of benzene rings is 1. The molecule has 0 atom stereocenters. The Kier molecular flexibility index (Phi) is 6.48. The SMILES string of the molecule is CC.c1ccc(SN2CCOCC2)cc1. The molecule has 0 aromatic heterocycles. The molecule has 15 heavy (non-hydrogen) atoms. The van der Waals surface area contributed by atoms with Gasteiger partial charge in [-0.05, 0) is 24.1 Å². The van der Waals surface area contributed by atoms with E-state index < -0.39 is 0 Å². The van der Waals surface area contributed by atoms with Gasteiger partial charge in [-0.2, -0.15) is 0 Å². The molecule has 1 heterocycles. The Morgan fingerprint density at radius 3 is 2.27 bits per heavy atom. The molecule has 1 aromatic carbocycles. The number of hydrogen-bond donors (Lipinski definition) is 0. The summed E-state index contributed by atoms with van der Waals surface area (Å²) in [5.74, 6) is 0. The summed E-state index contributed by atoms with van der Waals surface area (Å²) in [4.78, 5) is 1.31. The predicted octanol–water partition coefficient (Wildman–Crippen LogP) is 3.05. The molecule has 1 fully saturated rings. The summed E-state index contributed by atoms with van der Waals surface area (Å²) in [6, 6.07) is 10.5. The maximum absolute atomic E-state index is 5.28. The van der Waals surface area contributed by atoms with Crippen molar-refractivity contribution in [2.24, 2.45) is 0 Å². The van der Waals surface area contributed by atoms with E-state index in [1.807, 2.05) is 31.9 Å². The summed E-state index contributed by atoms with van der Waals surface area (Å²) in [6.45, 7) is 7.78. The van der Waals surface area contributed by atoms with Crippen LogP contribution in [0.5, 0.6) is 0 Å². The molecule has 0 aliphatic carbocycles. The first-order valence-corrected chi connectivity index (χ1v) is 6.28. The van der Waals surface area contributed by atoms with E-state index in [1.54, 1.807) is 0 Å². The minimum atomic E-state index is 0.861. The molecule has 1 aliphatic rings. The number of morpholine rings is 1. The first kappa shape index (κ1) is 12.6. The molecule has 0 unspecified atom stereocenters. The molecular weight excluding hydrogens is 206 g/mol. The minimum Gasteiger partial charge on any atom is -0.379 e. The molecule has 3 heteroatoms. The van der Waals surface area contributed by atoms with Crippen molar-refractivity contribution < 1.29 is 4.74 Å². The van der Waals surface area contributed by atoms with Gasteiger partial charge in [-0.1, -0.05) is 32.0 Å². The van der Waals surface area contributed by atoms with Crippen LogP contribution in [0.3, 0.4) is 0 Å². The van der Waals surface area contributed by atoms with Gasteiger partial charge in [0.15, 0.2) is 0 Å². The summed E-state index contributed by atoms with van der Waals surface area (Å²) in [5.41, 5.74) is 0. The van der Waals surface area contributed by atoms with E-state index in [-0.39, 0.29) is 0 Å². The lowest BCUT2D eigenvalue weighted by Gasteiger charge is -2.25. The first-order valence-electron chi connectivity index (χ1n) is 5.51. The fourth-order valence-electron chi connectivity index (χ4n) is 1.27. The van der Waals surface area contributed by atoms with Gasteiger partial charge in [0.05, 0.1) is 13.2 Å². The van der Waals surface area contributed by atoms with Crippen molar-refractivity contribution in [1.82, 2.24) is 4.31 Å². The Morgan fingerprint density at radius 1 is 1.07 bits per heavy atom. The van der Waals surface area contributed by atoms with Crippen LogP contribution < -0.4 is 0 Å². The first-order chi connectivity index (χ1) is 7.45. The normalized spacial score (nSPS) is 16.7. The number of rotatable bonds is 2. The zero-order valence-corrected chi connectivity index (χ0v) is 10.3. The second-order valence-corrected chi connectivity index (χ2v) is 4.12. The van der Waals surface area contributed by atoms with E-state index in [4.69, 9.17) is 4.74 Å². The molecule has 1 aromatic rings. The smallest absolute Gasteiger partial charge is 0.0603 e. The summed E-state index contributed by atoms with van der Waals surface area (Å²) >= 11 is 1.82. The van der Waals surface area contributed by atoms with Crippen molar-refractivity contribution in [3.8, 4) is 0 Å². The Balaban J connectivity index is 0.000000531. The molecule has 0 spiro atoms. The third-order valence-corrected chi connectivity index (χ3v) is 3.05. The van der Waals surface area contributed by atoms with Crippen LogP contribution in [-0.4, -0.2) is 30.6 Å². The van der Waals surface area contributed by atoms with Crippen LogP contribution in [0.2, 0.25) is 0 Å². The fraction of sp³-hybridized carbons (Fsp3) is 0.500. The van der Waals surface area contributed by atoms with Gasteiger partial charge in [-0.15, -0.1) is 0 Å². The van der Waals surface area contributed by atoms with Crippen molar-refractivity contribution in [1.29, 1.82) is 0 Å². The Labute approximate surface area is 96.8 Å². The Bertz CT molecular complexity index is 247. The van der Waals surface area contributed by atoms with Crippen molar-refractivity contribution in [2.75, 3.05) is 26.3 Å². The van der Waals surface area contributed by atoms with Crippen molar-refractivity contribution >= 4 is 11.9 Å². The Morgan fingerprint density at radius 2 is 1.67 bits per heavy atom. The maximum atomic E-state index is 5.28. The highest BCUT2D eigenvalue weighted by Crippen LogP contribution is 2.22. The van der Waals surface area contributed by atoms with E-state index in [9.17, 15) is 0 Å². The Hall–Kier alpha value is -0.510. The molecular formula is C12H19NOS. The summed E-state index contributed by atoms with van der Waals surface area (Å²) in [7, 11) is 0. The van der Waals surface area contributed by atoms with Gasteiger partial charge in [-0.3, -0.25) is 0 Å². The quantitative estimate of drug-likeness (QED) is 0.718. The van der Waals surface area contributed by atoms with Crippen LogP contribution in [-0.2, 0) is 4.74 Å². The lowest BCUT2D eigenvalue weighted by molar-refractivity contribution is 0.0773. The van der Waals surface area contributed by atoms with Gasteiger partial charge < -0.3 is 4.74 Å². The number of hydrogen-bond acceptors (Lipinski definition) is 3. The van der Waals surface area contributed by atoms with Crippen LogP contribution in [0.1, 0.15) is 13.8 Å². The summed E-state index contributed by atoms with van der Waals surface area (Å²) < 4.78 is 7.63. The van der Waals surface area contributed by atoms with Crippen LogP contribution in [0.4, 0.5) is 0 Å². The summed E-state index contributed by atoms with van der Waals surface area (Å²) in [6.07, 6.45) is 0. The molecule has 1 aliphatic heterocycles.